The molecule has 0 aromatic heterocycles. The van der Waals surface area contributed by atoms with Crippen LogP contribution in [0.1, 0.15) is 58.3 Å². The van der Waals surface area contributed by atoms with Gasteiger partial charge in [-0.2, -0.15) is 0 Å². The van der Waals surface area contributed by atoms with Crippen molar-refractivity contribution in [2.24, 2.45) is 11.8 Å². The standard InChI is InChI=1S/C22H38N4O3/c1-3-10-26(22(29)23-9-13-25-11-5-4-6-12-25)21(28)18-14-17-15-19(27)7-8-20(17)24(2)16-18/h17-18,20H,3-16H2,1-2H3,(H,23,29)/t17-,18-,20-/m1/s1. The number of hydrogen-bond donors (Lipinski definition) is 1. The second-order valence-corrected chi connectivity index (χ2v) is 9.11. The van der Waals surface area contributed by atoms with Crippen LogP contribution >= 0.6 is 0 Å². The average Bonchev–Trinajstić information content (AvgIpc) is 2.71. The highest BCUT2D eigenvalue weighted by molar-refractivity contribution is 5.95. The molecule has 7 nitrogen and oxygen atoms in total. The van der Waals surface area contributed by atoms with Crippen molar-refractivity contribution in [3.63, 3.8) is 0 Å². The van der Waals surface area contributed by atoms with Gasteiger partial charge in [0.1, 0.15) is 5.78 Å². The van der Waals surface area contributed by atoms with E-state index in [0.29, 0.717) is 44.3 Å². The number of imide groups is 1. The highest BCUT2D eigenvalue weighted by atomic mass is 16.2. The summed E-state index contributed by atoms with van der Waals surface area (Å²) in [5.74, 6) is 0.278. The van der Waals surface area contributed by atoms with Crippen LogP contribution in [-0.2, 0) is 9.59 Å². The largest absolute Gasteiger partial charge is 0.336 e. The van der Waals surface area contributed by atoms with Gasteiger partial charge in [0.25, 0.3) is 0 Å². The summed E-state index contributed by atoms with van der Waals surface area (Å²) in [6.45, 7) is 6.74. The molecule has 0 aromatic rings. The maximum atomic E-state index is 13.2. The molecule has 1 aliphatic carbocycles. The minimum Gasteiger partial charge on any atom is -0.336 e. The monoisotopic (exact) mass is 406 g/mol. The Morgan fingerprint density at radius 2 is 1.97 bits per heavy atom. The zero-order valence-corrected chi connectivity index (χ0v) is 18.2. The zero-order valence-electron chi connectivity index (χ0n) is 18.2. The van der Waals surface area contributed by atoms with Crippen molar-refractivity contribution in [1.82, 2.24) is 20.0 Å². The van der Waals surface area contributed by atoms with Crippen LogP contribution in [0.3, 0.4) is 0 Å². The van der Waals surface area contributed by atoms with Gasteiger partial charge in [-0.1, -0.05) is 13.3 Å². The molecule has 3 amide bonds. The number of rotatable bonds is 6. The molecule has 7 heteroatoms. The highest BCUT2D eigenvalue weighted by Gasteiger charge is 2.42. The van der Waals surface area contributed by atoms with Crippen molar-refractivity contribution < 1.29 is 14.4 Å². The van der Waals surface area contributed by atoms with Crippen LogP contribution in [0.15, 0.2) is 0 Å². The van der Waals surface area contributed by atoms with E-state index in [1.807, 2.05) is 6.92 Å². The highest BCUT2D eigenvalue weighted by Crippen LogP contribution is 2.36. The Kier molecular flexibility index (Phi) is 8.07. The van der Waals surface area contributed by atoms with Gasteiger partial charge in [0.15, 0.2) is 0 Å². The zero-order chi connectivity index (χ0) is 20.8. The summed E-state index contributed by atoms with van der Waals surface area (Å²) < 4.78 is 0. The fraction of sp³-hybridized carbons (Fsp3) is 0.864. The number of Topliss-reactive ketones (excluding diaryl/α,β-unsaturated/α-hetero) is 1. The molecule has 2 saturated heterocycles. The van der Waals surface area contributed by atoms with Crippen molar-refractivity contribution in [2.75, 3.05) is 46.3 Å². The van der Waals surface area contributed by atoms with Gasteiger partial charge in [0.2, 0.25) is 5.91 Å². The number of ketones is 1. The second-order valence-electron chi connectivity index (χ2n) is 9.11. The number of amides is 3. The second kappa shape index (κ2) is 10.5. The van der Waals surface area contributed by atoms with Gasteiger partial charge >= 0.3 is 6.03 Å². The van der Waals surface area contributed by atoms with Crippen molar-refractivity contribution in [1.29, 1.82) is 0 Å². The van der Waals surface area contributed by atoms with E-state index in [2.05, 4.69) is 22.2 Å². The third kappa shape index (κ3) is 5.79. The van der Waals surface area contributed by atoms with Gasteiger partial charge in [0, 0.05) is 45.1 Å². The minimum atomic E-state index is -0.265. The maximum absolute atomic E-state index is 13.2. The summed E-state index contributed by atoms with van der Waals surface area (Å²) in [6.07, 6.45) is 7.36. The first-order chi connectivity index (χ1) is 14.0. The Morgan fingerprint density at radius 3 is 2.69 bits per heavy atom. The van der Waals surface area contributed by atoms with E-state index in [9.17, 15) is 14.4 Å². The SMILES string of the molecule is CCCN(C(=O)NCCN1CCCCC1)C(=O)[C@@H]1C[C@@H]2CC(=O)CC[C@H]2N(C)C1. The molecule has 0 unspecified atom stereocenters. The number of nitrogens with one attached hydrogen (secondary N) is 1. The Morgan fingerprint density at radius 1 is 1.21 bits per heavy atom. The normalized spacial score (nSPS) is 28.6. The Bertz CT molecular complexity index is 591. The molecule has 0 aromatic carbocycles. The number of nitrogens with zero attached hydrogens (tertiary/aromatic N) is 3. The number of likely N-dealkylation sites (tertiary alicyclic amines) is 2. The first-order valence-electron chi connectivity index (χ1n) is 11.5. The minimum absolute atomic E-state index is 0.0781. The summed E-state index contributed by atoms with van der Waals surface area (Å²) >= 11 is 0. The molecule has 3 aliphatic rings. The van der Waals surface area contributed by atoms with Crippen LogP contribution in [0.4, 0.5) is 4.79 Å². The van der Waals surface area contributed by atoms with Crippen LogP contribution in [0.2, 0.25) is 0 Å². The average molecular weight is 407 g/mol. The molecule has 0 spiro atoms. The number of carbonyl (C=O) groups is 3. The van der Waals surface area contributed by atoms with E-state index in [1.165, 1.54) is 24.2 Å². The quantitative estimate of drug-likeness (QED) is 0.731. The fourth-order valence-electron chi connectivity index (χ4n) is 5.35. The molecule has 3 rings (SSSR count). The molecule has 164 valence electrons. The third-order valence-corrected chi connectivity index (χ3v) is 6.88. The molecule has 1 N–H and O–H groups in total. The van der Waals surface area contributed by atoms with E-state index >= 15 is 0 Å². The molecule has 3 atom stereocenters. The van der Waals surface area contributed by atoms with Crippen molar-refractivity contribution in [2.45, 2.75) is 64.3 Å². The molecular weight excluding hydrogens is 368 g/mol. The van der Waals surface area contributed by atoms with Crippen LogP contribution in [0.5, 0.6) is 0 Å². The Labute approximate surface area is 175 Å². The van der Waals surface area contributed by atoms with E-state index in [-0.39, 0.29) is 23.8 Å². The first-order valence-corrected chi connectivity index (χ1v) is 11.5. The van der Waals surface area contributed by atoms with E-state index in [4.69, 9.17) is 0 Å². The smallest absolute Gasteiger partial charge is 0.324 e. The predicted octanol–water partition coefficient (Wildman–Crippen LogP) is 2.11. The number of piperidine rings is 2. The molecule has 1 saturated carbocycles. The third-order valence-electron chi connectivity index (χ3n) is 6.88. The molecule has 2 heterocycles. The molecule has 3 fully saturated rings. The summed E-state index contributed by atoms with van der Waals surface area (Å²) in [6, 6.07) is 0.133. The van der Waals surface area contributed by atoms with E-state index in [0.717, 1.165) is 38.9 Å². The van der Waals surface area contributed by atoms with Gasteiger partial charge < -0.3 is 15.1 Å². The van der Waals surface area contributed by atoms with E-state index in [1.54, 1.807) is 0 Å². The van der Waals surface area contributed by atoms with Crippen LogP contribution in [0.25, 0.3) is 0 Å². The molecule has 0 bridgehead atoms. The van der Waals surface area contributed by atoms with Crippen molar-refractivity contribution in [3.05, 3.63) is 0 Å². The lowest BCUT2D eigenvalue weighted by Gasteiger charge is -2.45. The van der Waals surface area contributed by atoms with Gasteiger partial charge in [-0.15, -0.1) is 0 Å². The summed E-state index contributed by atoms with van der Waals surface area (Å²) in [4.78, 5) is 44.0. The fourth-order valence-corrected chi connectivity index (χ4v) is 5.35. The van der Waals surface area contributed by atoms with Gasteiger partial charge in [-0.05, 0) is 58.2 Å². The number of urea groups is 1. The van der Waals surface area contributed by atoms with Gasteiger partial charge in [-0.25, -0.2) is 4.79 Å². The van der Waals surface area contributed by atoms with Gasteiger partial charge in [-0.3, -0.25) is 14.5 Å². The van der Waals surface area contributed by atoms with Crippen molar-refractivity contribution >= 4 is 17.7 Å². The molecule has 29 heavy (non-hydrogen) atoms. The van der Waals surface area contributed by atoms with Crippen LogP contribution in [-0.4, -0.2) is 84.8 Å². The van der Waals surface area contributed by atoms with Crippen LogP contribution < -0.4 is 5.32 Å². The first kappa shape index (κ1) is 22.2. The lowest BCUT2D eigenvalue weighted by Crippen LogP contribution is -2.55. The number of carbonyl (C=O) groups excluding carboxylic acids is 3. The maximum Gasteiger partial charge on any atom is 0.324 e. The topological polar surface area (TPSA) is 73.0 Å². The lowest BCUT2D eigenvalue weighted by atomic mass is 9.74. The summed E-state index contributed by atoms with van der Waals surface area (Å²) in [5.41, 5.74) is 0. The molecule has 0 radical (unpaired) electrons. The lowest BCUT2D eigenvalue weighted by molar-refractivity contribution is -0.138. The molecule has 2 aliphatic heterocycles. The van der Waals surface area contributed by atoms with Crippen molar-refractivity contribution in [3.8, 4) is 0 Å². The Balaban J connectivity index is 1.54. The number of fused-ring (bicyclic) bond motifs is 1. The van der Waals surface area contributed by atoms with Crippen LogP contribution in [0, 0.1) is 11.8 Å². The predicted molar refractivity (Wildman–Crippen MR) is 113 cm³/mol. The summed E-state index contributed by atoms with van der Waals surface area (Å²) in [5, 5.41) is 2.97. The Hall–Kier alpha value is -1.47. The summed E-state index contributed by atoms with van der Waals surface area (Å²) in [7, 11) is 2.05. The number of hydrogen-bond acceptors (Lipinski definition) is 5. The van der Waals surface area contributed by atoms with Gasteiger partial charge in [0.05, 0.1) is 5.92 Å². The van der Waals surface area contributed by atoms with E-state index < -0.39 is 0 Å². The molecular formula is C22H38N4O3.